The first-order chi connectivity index (χ1) is 7.89. The van der Waals surface area contributed by atoms with Crippen LogP contribution in [0.15, 0.2) is 20.1 Å². The Bertz CT molecular complexity index is 457. The van der Waals surface area contributed by atoms with Crippen LogP contribution >= 0.6 is 43.2 Å². The summed E-state index contributed by atoms with van der Waals surface area (Å²) in [5.41, 5.74) is 0. The van der Waals surface area contributed by atoms with Crippen molar-refractivity contribution < 1.29 is 8.42 Å². The van der Waals surface area contributed by atoms with Crippen molar-refractivity contribution in [3.05, 3.63) is 15.9 Å². The molecule has 0 saturated carbocycles. The fourth-order valence-corrected chi connectivity index (χ4v) is 5.49. The molecule has 0 saturated heterocycles. The molecule has 0 N–H and O–H groups in total. The van der Waals surface area contributed by atoms with Crippen molar-refractivity contribution in [1.29, 1.82) is 0 Å². The van der Waals surface area contributed by atoms with Gasteiger partial charge in [-0.25, -0.2) is 8.42 Å². The summed E-state index contributed by atoms with van der Waals surface area (Å²) < 4.78 is 27.6. The molecule has 1 rings (SSSR count). The maximum atomic E-state index is 12.4. The van der Waals surface area contributed by atoms with Gasteiger partial charge in [0.2, 0.25) is 0 Å². The average molecular weight is 405 g/mol. The maximum absolute atomic E-state index is 12.4. The van der Waals surface area contributed by atoms with Gasteiger partial charge in [-0.3, -0.25) is 0 Å². The molecule has 0 aliphatic rings. The van der Waals surface area contributed by atoms with E-state index >= 15 is 0 Å². The van der Waals surface area contributed by atoms with Crippen molar-refractivity contribution in [2.45, 2.75) is 30.5 Å². The molecule has 17 heavy (non-hydrogen) atoms. The van der Waals surface area contributed by atoms with E-state index < -0.39 is 10.0 Å². The molecule has 0 unspecified atom stereocenters. The molecule has 1 heterocycles. The average Bonchev–Trinajstić information content (AvgIpc) is 2.65. The minimum absolute atomic E-state index is 0.0278. The number of hydrogen-bond donors (Lipinski definition) is 0. The van der Waals surface area contributed by atoms with Crippen LogP contribution in [0.4, 0.5) is 0 Å². The van der Waals surface area contributed by atoms with Crippen molar-refractivity contribution in [3.63, 3.8) is 0 Å². The lowest BCUT2D eigenvalue weighted by Gasteiger charge is -2.24. The van der Waals surface area contributed by atoms with Crippen LogP contribution in [0.25, 0.3) is 0 Å². The zero-order chi connectivity index (χ0) is 13.1. The fourth-order valence-electron chi connectivity index (χ4n) is 1.42. The van der Waals surface area contributed by atoms with E-state index in [2.05, 4.69) is 31.9 Å². The van der Waals surface area contributed by atoms with Crippen LogP contribution in [-0.2, 0) is 10.0 Å². The number of sulfonamides is 1. The van der Waals surface area contributed by atoms with Gasteiger partial charge in [-0.2, -0.15) is 4.31 Å². The molecular weight excluding hydrogens is 390 g/mol. The lowest BCUT2D eigenvalue weighted by atomic mass is 10.4. The van der Waals surface area contributed by atoms with Crippen molar-refractivity contribution in [2.75, 3.05) is 11.9 Å². The van der Waals surface area contributed by atoms with Crippen LogP contribution in [0.1, 0.15) is 20.3 Å². The van der Waals surface area contributed by atoms with E-state index in [1.165, 1.54) is 11.3 Å². The van der Waals surface area contributed by atoms with Gasteiger partial charge in [-0.15, -0.1) is 11.3 Å². The van der Waals surface area contributed by atoms with Gasteiger partial charge in [-0.1, -0.05) is 15.9 Å². The standard InChI is InChI=1S/C10H15Br2NO2S2/c1-8(2)13(7-3-6-11)17(14,15)10-5-4-9(12)16-10/h4-5,8H,3,6-7H2,1-2H3. The monoisotopic (exact) mass is 403 g/mol. The second kappa shape index (κ2) is 6.65. The molecule has 1 aromatic heterocycles. The first-order valence-electron chi connectivity index (χ1n) is 5.22. The summed E-state index contributed by atoms with van der Waals surface area (Å²) in [5, 5.41) is 0.805. The van der Waals surface area contributed by atoms with E-state index in [0.29, 0.717) is 10.8 Å². The Hall–Kier alpha value is 0.570. The first-order valence-corrected chi connectivity index (χ1v) is 9.40. The third kappa shape index (κ3) is 4.02. The van der Waals surface area contributed by atoms with Crippen molar-refractivity contribution in [2.24, 2.45) is 0 Å². The minimum Gasteiger partial charge on any atom is -0.206 e. The van der Waals surface area contributed by atoms with Gasteiger partial charge in [0.25, 0.3) is 10.0 Å². The van der Waals surface area contributed by atoms with Gasteiger partial charge in [0.15, 0.2) is 0 Å². The molecule has 0 amide bonds. The first kappa shape index (κ1) is 15.6. The Morgan fingerprint density at radius 2 is 2.06 bits per heavy atom. The molecule has 1 aromatic rings. The van der Waals surface area contributed by atoms with E-state index in [1.807, 2.05) is 13.8 Å². The molecule has 0 atom stereocenters. The zero-order valence-corrected chi connectivity index (χ0v) is 14.5. The number of thiophene rings is 1. The van der Waals surface area contributed by atoms with Crippen LogP contribution in [0.5, 0.6) is 0 Å². The maximum Gasteiger partial charge on any atom is 0.252 e. The molecule has 98 valence electrons. The second-order valence-corrected chi connectivity index (χ2v) is 9.18. The molecule has 0 bridgehead atoms. The molecule has 7 heteroatoms. The quantitative estimate of drug-likeness (QED) is 0.678. The smallest absolute Gasteiger partial charge is 0.206 e. The van der Waals surface area contributed by atoms with Crippen LogP contribution in [0.2, 0.25) is 0 Å². The van der Waals surface area contributed by atoms with E-state index in [0.717, 1.165) is 15.5 Å². The predicted octanol–water partition coefficient (Wildman–Crippen LogP) is 3.69. The summed E-state index contributed by atoms with van der Waals surface area (Å²) in [6, 6.07) is 3.38. The van der Waals surface area contributed by atoms with E-state index in [-0.39, 0.29) is 6.04 Å². The highest BCUT2D eigenvalue weighted by atomic mass is 79.9. The van der Waals surface area contributed by atoms with Crippen LogP contribution < -0.4 is 0 Å². The molecule has 0 aromatic carbocycles. The summed E-state index contributed by atoms with van der Waals surface area (Å²) in [6.45, 7) is 4.34. The highest BCUT2D eigenvalue weighted by Gasteiger charge is 2.27. The SMILES string of the molecule is CC(C)N(CCCBr)S(=O)(=O)c1ccc(Br)s1. The topological polar surface area (TPSA) is 37.4 Å². The third-order valence-corrected chi connectivity index (χ3v) is 6.93. The zero-order valence-electron chi connectivity index (χ0n) is 9.69. The largest absolute Gasteiger partial charge is 0.252 e. The highest BCUT2D eigenvalue weighted by Crippen LogP contribution is 2.29. The Morgan fingerprint density at radius 3 is 2.47 bits per heavy atom. The summed E-state index contributed by atoms with van der Waals surface area (Å²) in [5.74, 6) is 0. The molecule has 0 aliphatic carbocycles. The molecule has 3 nitrogen and oxygen atoms in total. The molecule has 0 spiro atoms. The molecular formula is C10H15Br2NO2S2. The number of rotatable bonds is 6. The molecule has 0 radical (unpaired) electrons. The van der Waals surface area contributed by atoms with Crippen molar-refractivity contribution >= 4 is 53.2 Å². The van der Waals surface area contributed by atoms with Crippen molar-refractivity contribution in [3.8, 4) is 0 Å². The summed E-state index contributed by atoms with van der Waals surface area (Å²) >= 11 is 7.87. The van der Waals surface area contributed by atoms with E-state index in [9.17, 15) is 8.42 Å². The van der Waals surface area contributed by atoms with Crippen molar-refractivity contribution in [1.82, 2.24) is 4.31 Å². The minimum atomic E-state index is -3.35. The van der Waals surface area contributed by atoms with Crippen LogP contribution in [0, 0.1) is 0 Å². The van der Waals surface area contributed by atoms with Crippen LogP contribution in [0.3, 0.4) is 0 Å². The van der Waals surface area contributed by atoms with Gasteiger partial charge in [-0.05, 0) is 48.3 Å². The highest BCUT2D eigenvalue weighted by molar-refractivity contribution is 9.11. The number of nitrogens with zero attached hydrogens (tertiary/aromatic N) is 1. The van der Waals surface area contributed by atoms with Gasteiger partial charge in [0.05, 0.1) is 3.79 Å². The lowest BCUT2D eigenvalue weighted by molar-refractivity contribution is 0.356. The molecule has 0 aliphatic heterocycles. The fraction of sp³-hybridized carbons (Fsp3) is 0.600. The van der Waals surface area contributed by atoms with Gasteiger partial charge in [0, 0.05) is 17.9 Å². The number of alkyl halides is 1. The third-order valence-electron chi connectivity index (χ3n) is 2.20. The van der Waals surface area contributed by atoms with Gasteiger partial charge in [0.1, 0.15) is 4.21 Å². The van der Waals surface area contributed by atoms with Gasteiger partial charge >= 0.3 is 0 Å². The predicted molar refractivity (Wildman–Crippen MR) is 79.5 cm³/mol. The normalized spacial score (nSPS) is 12.6. The number of hydrogen-bond acceptors (Lipinski definition) is 3. The Balaban J connectivity index is 3.00. The molecule has 0 fully saturated rings. The Morgan fingerprint density at radius 1 is 1.41 bits per heavy atom. The second-order valence-electron chi connectivity index (χ2n) is 3.81. The van der Waals surface area contributed by atoms with Crippen LogP contribution in [-0.4, -0.2) is 30.6 Å². The summed E-state index contributed by atoms with van der Waals surface area (Å²) in [7, 11) is -3.35. The Kier molecular flexibility index (Phi) is 6.12. The number of halogens is 2. The van der Waals surface area contributed by atoms with E-state index in [1.54, 1.807) is 16.4 Å². The van der Waals surface area contributed by atoms with Gasteiger partial charge < -0.3 is 0 Å². The lowest BCUT2D eigenvalue weighted by Crippen LogP contribution is -2.37. The Labute approximate surface area is 124 Å². The summed E-state index contributed by atoms with van der Waals surface area (Å²) in [4.78, 5) is 0. The summed E-state index contributed by atoms with van der Waals surface area (Å²) in [6.07, 6.45) is 0.809. The van der Waals surface area contributed by atoms with E-state index in [4.69, 9.17) is 0 Å².